The minimum Gasteiger partial charge on any atom is -0.471 e. The number of halogens is 2. The SMILES string of the molecule is CCCOCC(C)O.CCCOCC(C)Oc1nc(C)c(N=CN(C)CC)cc1Cl.CCN(C)C=Nc1cc(Cl)c(=O)[nH]c1C. The molecule has 2 unspecified atom stereocenters. The molecule has 2 N–H and O–H groups in total. The standard InChI is InChI=1S/C16H26ClN3O2.C10H14ClN3O.C6H14O2/c1-6-8-21-10-12(3)22-16-14(17)9-15(13(4)19-16)18-11-20(5)7-2;1-4-14(3)6-12-9-5-8(11)10(15)13-7(9)2;1-3-4-8-5-6(2)7/h9,11-12H,6-8,10H2,1-5H3;5-6H,4H2,1-3H3,(H,13,15);6-7H,3-5H2,1-2H3. The van der Waals surface area contributed by atoms with Gasteiger partial charge in [0.25, 0.3) is 5.56 Å². The predicted molar refractivity (Wildman–Crippen MR) is 188 cm³/mol. The first-order valence-corrected chi connectivity index (χ1v) is 16.1. The van der Waals surface area contributed by atoms with Gasteiger partial charge in [-0.15, -0.1) is 0 Å². The van der Waals surface area contributed by atoms with Gasteiger partial charge in [0.05, 0.1) is 49.1 Å². The number of H-pyrrole nitrogens is 1. The van der Waals surface area contributed by atoms with E-state index in [4.69, 9.17) is 42.5 Å². The van der Waals surface area contributed by atoms with Gasteiger partial charge >= 0.3 is 0 Å². The molecule has 2 aromatic rings. The zero-order valence-electron chi connectivity index (χ0n) is 28.7. The van der Waals surface area contributed by atoms with Crippen molar-refractivity contribution in [3.63, 3.8) is 0 Å². The predicted octanol–water partition coefficient (Wildman–Crippen LogP) is 6.59. The van der Waals surface area contributed by atoms with Crippen LogP contribution in [-0.4, -0.2) is 103 Å². The Kier molecular flexibility index (Phi) is 23.1. The summed E-state index contributed by atoms with van der Waals surface area (Å²) in [6, 6.07) is 3.34. The van der Waals surface area contributed by atoms with E-state index in [1.165, 1.54) is 0 Å². The van der Waals surface area contributed by atoms with Crippen molar-refractivity contribution in [1.82, 2.24) is 19.8 Å². The number of aliphatic hydroxyl groups is 1. The van der Waals surface area contributed by atoms with Gasteiger partial charge in [0.2, 0.25) is 5.88 Å². The van der Waals surface area contributed by atoms with E-state index in [0.717, 1.165) is 50.5 Å². The van der Waals surface area contributed by atoms with Crippen LogP contribution in [0, 0.1) is 13.8 Å². The van der Waals surface area contributed by atoms with Crippen LogP contribution in [0.3, 0.4) is 0 Å². The highest BCUT2D eigenvalue weighted by Crippen LogP contribution is 2.29. The van der Waals surface area contributed by atoms with Crippen LogP contribution in [0.5, 0.6) is 5.88 Å². The largest absolute Gasteiger partial charge is 0.471 e. The summed E-state index contributed by atoms with van der Waals surface area (Å²) in [6.07, 6.45) is 5.06. The molecule has 256 valence electrons. The zero-order valence-corrected chi connectivity index (χ0v) is 30.2. The smallest absolute Gasteiger partial charge is 0.267 e. The maximum absolute atomic E-state index is 11.1. The van der Waals surface area contributed by atoms with Crippen molar-refractivity contribution in [3.8, 4) is 5.88 Å². The lowest BCUT2D eigenvalue weighted by molar-refractivity contribution is 0.0466. The second-order valence-electron chi connectivity index (χ2n) is 10.4. The van der Waals surface area contributed by atoms with Crippen LogP contribution < -0.4 is 10.3 Å². The van der Waals surface area contributed by atoms with E-state index in [-0.39, 0.29) is 22.8 Å². The van der Waals surface area contributed by atoms with Gasteiger partial charge in [-0.25, -0.2) is 15.0 Å². The first kappa shape index (κ1) is 42.3. The van der Waals surface area contributed by atoms with Crippen molar-refractivity contribution in [2.75, 3.05) is 53.6 Å². The van der Waals surface area contributed by atoms with E-state index in [1.54, 1.807) is 38.7 Å². The first-order chi connectivity index (χ1) is 21.3. The maximum Gasteiger partial charge on any atom is 0.267 e. The molecule has 0 aliphatic rings. The normalized spacial score (nSPS) is 12.3. The Hall–Kier alpha value is -2.70. The number of aliphatic imine (C=N–C) groups is 2. The van der Waals surface area contributed by atoms with Crippen molar-refractivity contribution >= 4 is 47.3 Å². The van der Waals surface area contributed by atoms with Gasteiger partial charge in [-0.3, -0.25) is 4.79 Å². The quantitative estimate of drug-likeness (QED) is 0.116. The van der Waals surface area contributed by atoms with Gasteiger partial charge in [0.15, 0.2) is 0 Å². The number of nitrogens with one attached hydrogen (secondary N) is 1. The van der Waals surface area contributed by atoms with Crippen molar-refractivity contribution in [2.45, 2.75) is 80.4 Å². The van der Waals surface area contributed by atoms with Crippen LogP contribution in [0.15, 0.2) is 26.9 Å². The Morgan fingerprint density at radius 2 is 1.42 bits per heavy atom. The van der Waals surface area contributed by atoms with Gasteiger partial charge in [-0.05, 0) is 66.5 Å². The molecular formula is C32H54Cl2N6O5. The molecular weight excluding hydrogens is 619 g/mol. The fourth-order valence-electron chi connectivity index (χ4n) is 2.99. The molecule has 0 spiro atoms. The van der Waals surface area contributed by atoms with Gasteiger partial charge in [0.1, 0.15) is 16.1 Å². The van der Waals surface area contributed by atoms with Gasteiger partial charge in [-0.1, -0.05) is 37.0 Å². The lowest BCUT2D eigenvalue weighted by Gasteiger charge is -2.16. The van der Waals surface area contributed by atoms with Crippen LogP contribution in [0.2, 0.25) is 10.0 Å². The molecule has 0 aliphatic heterocycles. The number of rotatable bonds is 16. The molecule has 13 heteroatoms. The first-order valence-electron chi connectivity index (χ1n) is 15.3. The van der Waals surface area contributed by atoms with Crippen LogP contribution in [0.4, 0.5) is 11.4 Å². The number of aromatic amines is 1. The number of aliphatic hydroxyl groups excluding tert-OH is 1. The van der Waals surface area contributed by atoms with E-state index in [0.29, 0.717) is 35.5 Å². The lowest BCUT2D eigenvalue weighted by atomic mass is 10.3. The minimum atomic E-state index is -0.318. The fraction of sp³-hybridized carbons (Fsp3) is 0.625. The molecule has 11 nitrogen and oxygen atoms in total. The molecule has 45 heavy (non-hydrogen) atoms. The third-order valence-corrected chi connectivity index (χ3v) is 6.33. The summed E-state index contributed by atoms with van der Waals surface area (Å²) in [7, 11) is 3.88. The Bertz CT molecular complexity index is 1210. The Morgan fingerprint density at radius 3 is 1.93 bits per heavy atom. The summed E-state index contributed by atoms with van der Waals surface area (Å²) >= 11 is 11.9. The Morgan fingerprint density at radius 1 is 0.911 bits per heavy atom. The maximum atomic E-state index is 11.1. The molecule has 0 aromatic carbocycles. The second-order valence-corrected chi connectivity index (χ2v) is 11.2. The topological polar surface area (TPSA) is 125 Å². The molecule has 0 radical (unpaired) electrons. The summed E-state index contributed by atoms with van der Waals surface area (Å²) in [6.45, 7) is 19.8. The van der Waals surface area contributed by atoms with Crippen molar-refractivity contribution in [3.05, 3.63) is 43.9 Å². The Balaban J connectivity index is 0.000000724. The molecule has 0 amide bonds. The van der Waals surface area contributed by atoms with E-state index in [9.17, 15) is 4.79 Å². The average Bonchev–Trinajstić information content (AvgIpc) is 2.99. The summed E-state index contributed by atoms with van der Waals surface area (Å²) in [5, 5.41) is 9.27. The van der Waals surface area contributed by atoms with Gasteiger partial charge in [-0.2, -0.15) is 0 Å². The van der Waals surface area contributed by atoms with Crippen LogP contribution in [-0.2, 0) is 9.47 Å². The van der Waals surface area contributed by atoms with E-state index in [1.807, 2.05) is 51.6 Å². The molecule has 2 rings (SSSR count). The summed E-state index contributed by atoms with van der Waals surface area (Å²) < 4.78 is 16.2. The number of ether oxygens (including phenoxy) is 3. The van der Waals surface area contributed by atoms with Crippen molar-refractivity contribution < 1.29 is 19.3 Å². The van der Waals surface area contributed by atoms with Gasteiger partial charge in [0, 0.05) is 46.1 Å². The van der Waals surface area contributed by atoms with E-state index in [2.05, 4.69) is 33.8 Å². The molecule has 0 bridgehead atoms. The molecule has 2 aromatic heterocycles. The minimum absolute atomic E-state index is 0.100. The number of pyridine rings is 2. The van der Waals surface area contributed by atoms with Crippen LogP contribution >= 0.6 is 23.2 Å². The van der Waals surface area contributed by atoms with E-state index < -0.39 is 0 Å². The third kappa shape index (κ3) is 19.4. The fourth-order valence-corrected chi connectivity index (χ4v) is 3.33. The summed E-state index contributed by atoms with van der Waals surface area (Å²) in [5.74, 6) is 0.426. The Labute approximate surface area is 279 Å². The monoisotopic (exact) mass is 672 g/mol. The molecule has 2 atom stereocenters. The highest BCUT2D eigenvalue weighted by molar-refractivity contribution is 6.32. The molecule has 0 fully saturated rings. The van der Waals surface area contributed by atoms with Crippen LogP contribution in [0.25, 0.3) is 0 Å². The van der Waals surface area contributed by atoms with Crippen LogP contribution in [0.1, 0.15) is 65.8 Å². The molecule has 2 heterocycles. The summed E-state index contributed by atoms with van der Waals surface area (Å²) in [4.78, 5) is 30.7. The zero-order chi connectivity index (χ0) is 34.4. The lowest BCUT2D eigenvalue weighted by Crippen LogP contribution is -2.20. The number of hydrogen-bond donors (Lipinski definition) is 2. The second kappa shape index (κ2) is 24.5. The number of hydrogen-bond acceptors (Lipinski definition) is 8. The highest BCUT2D eigenvalue weighted by Gasteiger charge is 2.12. The van der Waals surface area contributed by atoms with Crippen molar-refractivity contribution in [2.24, 2.45) is 9.98 Å². The molecule has 0 saturated heterocycles. The highest BCUT2D eigenvalue weighted by atomic mass is 35.5. The number of aromatic nitrogens is 2. The van der Waals surface area contributed by atoms with E-state index >= 15 is 0 Å². The molecule has 0 aliphatic carbocycles. The molecule has 0 saturated carbocycles. The average molecular weight is 674 g/mol. The van der Waals surface area contributed by atoms with Crippen molar-refractivity contribution in [1.29, 1.82) is 0 Å². The number of aryl methyl sites for hydroxylation is 2. The van der Waals surface area contributed by atoms with Gasteiger partial charge < -0.3 is 34.1 Å². The number of nitrogens with zero attached hydrogens (tertiary/aromatic N) is 5. The summed E-state index contributed by atoms with van der Waals surface area (Å²) in [5.41, 5.74) is 2.64. The third-order valence-electron chi connectivity index (χ3n) is 5.78.